The Morgan fingerprint density at radius 3 is 2.55 bits per heavy atom. The molecule has 1 amide bonds. The summed E-state index contributed by atoms with van der Waals surface area (Å²) in [5.41, 5.74) is 0.581. The normalized spacial score (nSPS) is 24.8. The van der Waals surface area contributed by atoms with Gasteiger partial charge in [0.2, 0.25) is 0 Å². The minimum Gasteiger partial charge on any atom is -0.338 e. The number of carbonyl (C=O) groups is 1. The number of rotatable bonds is 2. The third kappa shape index (κ3) is 2.39. The Bertz CT molecular complexity index is 566. The number of halogens is 1. The van der Waals surface area contributed by atoms with Crippen molar-refractivity contribution in [1.29, 1.82) is 0 Å². The van der Waals surface area contributed by atoms with E-state index in [0.717, 1.165) is 26.2 Å². The number of hydrogen-bond donors (Lipinski definition) is 1. The first-order chi connectivity index (χ1) is 9.56. The zero-order chi connectivity index (χ0) is 14.3. The van der Waals surface area contributed by atoms with Crippen LogP contribution in [-0.2, 0) is 0 Å². The number of hydrogen-bond acceptors (Lipinski definition) is 4. The van der Waals surface area contributed by atoms with Crippen LogP contribution in [0.4, 0.5) is 5.69 Å². The van der Waals surface area contributed by atoms with Gasteiger partial charge in [-0.3, -0.25) is 14.9 Å². The molecule has 2 saturated heterocycles. The van der Waals surface area contributed by atoms with Gasteiger partial charge in [-0.2, -0.15) is 0 Å². The molecule has 0 spiro atoms. The fraction of sp³-hybridized carbons (Fsp3) is 0.462. The summed E-state index contributed by atoms with van der Waals surface area (Å²) in [4.78, 5) is 24.7. The number of nitro benzene ring substituents is 1. The van der Waals surface area contributed by atoms with Gasteiger partial charge in [-0.1, -0.05) is 0 Å². The molecule has 20 heavy (non-hydrogen) atoms. The molecule has 106 valence electrons. The molecule has 1 N–H and O–H groups in total. The number of likely N-dealkylation sites (tertiary alicyclic amines) is 1. The van der Waals surface area contributed by atoms with E-state index >= 15 is 0 Å². The van der Waals surface area contributed by atoms with Crippen LogP contribution in [0.2, 0.25) is 0 Å². The maximum absolute atomic E-state index is 12.5. The Kier molecular flexibility index (Phi) is 3.63. The van der Waals surface area contributed by atoms with Gasteiger partial charge in [-0.25, -0.2) is 0 Å². The Balaban J connectivity index is 1.79. The van der Waals surface area contributed by atoms with Crippen LogP contribution in [0.15, 0.2) is 18.2 Å². The fourth-order valence-corrected chi connectivity index (χ4v) is 3.71. The molecule has 1 aromatic carbocycles. The number of nitrogens with zero attached hydrogens (tertiary/aromatic N) is 2. The fourth-order valence-electron chi connectivity index (χ4n) is 2.98. The third-order valence-electron chi connectivity index (χ3n) is 4.07. The molecule has 0 saturated carbocycles. The van der Waals surface area contributed by atoms with Gasteiger partial charge in [-0.15, -0.1) is 0 Å². The molecule has 6 nitrogen and oxygen atoms in total. The van der Waals surface area contributed by atoms with Crippen LogP contribution in [0.1, 0.15) is 10.4 Å². The lowest BCUT2D eigenvalue weighted by Gasteiger charge is -2.18. The van der Waals surface area contributed by atoms with Crippen molar-refractivity contribution >= 4 is 34.2 Å². The topological polar surface area (TPSA) is 75.5 Å². The van der Waals surface area contributed by atoms with Gasteiger partial charge in [0, 0.05) is 41.9 Å². The van der Waals surface area contributed by atoms with E-state index < -0.39 is 4.92 Å². The number of benzene rings is 1. The summed E-state index contributed by atoms with van der Waals surface area (Å²) >= 11 is 1.99. The van der Waals surface area contributed by atoms with Crippen LogP contribution in [0.5, 0.6) is 0 Å². The second-order valence-corrected chi connectivity index (χ2v) is 6.47. The van der Waals surface area contributed by atoms with Crippen molar-refractivity contribution in [3.8, 4) is 0 Å². The Hall–Kier alpha value is -1.22. The molecule has 2 aliphatic rings. The van der Waals surface area contributed by atoms with Gasteiger partial charge >= 0.3 is 0 Å². The molecule has 0 bridgehead atoms. The van der Waals surface area contributed by atoms with E-state index in [2.05, 4.69) is 5.32 Å². The first-order valence-corrected chi connectivity index (χ1v) is 7.58. The second kappa shape index (κ2) is 5.28. The summed E-state index contributed by atoms with van der Waals surface area (Å²) in [5.74, 6) is 1.09. The van der Waals surface area contributed by atoms with E-state index in [4.69, 9.17) is 0 Å². The summed E-state index contributed by atoms with van der Waals surface area (Å²) in [5, 5.41) is 14.1. The molecule has 1 aromatic rings. The molecule has 7 heteroatoms. The average Bonchev–Trinajstić information content (AvgIpc) is 2.98. The number of non-ortho nitro benzene ring substituents is 1. The van der Waals surface area contributed by atoms with Crippen LogP contribution < -0.4 is 5.32 Å². The van der Waals surface area contributed by atoms with Gasteiger partial charge in [-0.05, 0) is 40.5 Å². The highest BCUT2D eigenvalue weighted by Crippen LogP contribution is 2.29. The van der Waals surface area contributed by atoms with Crippen molar-refractivity contribution in [2.45, 2.75) is 0 Å². The molecule has 0 aliphatic carbocycles. The summed E-state index contributed by atoms with van der Waals surface area (Å²) in [6.07, 6.45) is 0. The van der Waals surface area contributed by atoms with Gasteiger partial charge in [0.05, 0.1) is 10.5 Å². The number of fused-ring (bicyclic) bond motifs is 1. The highest BCUT2D eigenvalue weighted by atomic mass is 127. The lowest BCUT2D eigenvalue weighted by Crippen LogP contribution is -2.32. The molecule has 0 aromatic heterocycles. The van der Waals surface area contributed by atoms with Crippen LogP contribution in [-0.4, -0.2) is 41.9 Å². The van der Waals surface area contributed by atoms with Gasteiger partial charge in [0.1, 0.15) is 0 Å². The minimum absolute atomic E-state index is 0.0151. The van der Waals surface area contributed by atoms with Crippen molar-refractivity contribution < 1.29 is 9.72 Å². The second-order valence-electron chi connectivity index (χ2n) is 5.31. The quantitative estimate of drug-likeness (QED) is 0.474. The molecular formula is C13H14IN3O3. The first-order valence-electron chi connectivity index (χ1n) is 6.50. The standard InChI is InChI=1S/C13H14IN3O3/c14-12-3-10(17(19)20)1-2-11(12)13(18)16-6-8-4-15-5-9(8)7-16/h1-3,8-9,15H,4-7H2/t8-,9+. The predicted molar refractivity (Wildman–Crippen MR) is 81.6 cm³/mol. The van der Waals surface area contributed by atoms with Gasteiger partial charge < -0.3 is 10.2 Å². The van der Waals surface area contributed by atoms with Crippen molar-refractivity contribution in [2.24, 2.45) is 11.8 Å². The first kappa shape index (κ1) is 13.7. The van der Waals surface area contributed by atoms with Crippen LogP contribution in [0.25, 0.3) is 0 Å². The maximum Gasteiger partial charge on any atom is 0.270 e. The van der Waals surface area contributed by atoms with Crippen LogP contribution >= 0.6 is 22.6 Å². The van der Waals surface area contributed by atoms with Crippen molar-refractivity contribution in [2.75, 3.05) is 26.2 Å². The average molecular weight is 387 g/mol. The number of amides is 1. The van der Waals surface area contributed by atoms with E-state index in [-0.39, 0.29) is 11.6 Å². The Labute approximate surface area is 129 Å². The SMILES string of the molecule is O=C(c1ccc([N+](=O)[O-])cc1I)N1C[C@H]2CNC[C@H]2C1. The zero-order valence-electron chi connectivity index (χ0n) is 10.7. The van der Waals surface area contributed by atoms with Crippen molar-refractivity contribution in [3.63, 3.8) is 0 Å². The summed E-state index contributed by atoms with van der Waals surface area (Å²) < 4.78 is 0.636. The highest BCUT2D eigenvalue weighted by Gasteiger charge is 2.38. The van der Waals surface area contributed by atoms with E-state index in [1.807, 2.05) is 27.5 Å². The lowest BCUT2D eigenvalue weighted by atomic mass is 10.0. The van der Waals surface area contributed by atoms with Crippen molar-refractivity contribution in [3.05, 3.63) is 37.4 Å². The predicted octanol–water partition coefficient (Wildman–Crippen LogP) is 1.49. The Morgan fingerprint density at radius 2 is 2.00 bits per heavy atom. The van der Waals surface area contributed by atoms with E-state index in [0.29, 0.717) is 21.0 Å². The number of carbonyl (C=O) groups excluding carboxylic acids is 1. The lowest BCUT2D eigenvalue weighted by molar-refractivity contribution is -0.384. The molecule has 0 radical (unpaired) electrons. The van der Waals surface area contributed by atoms with Crippen LogP contribution in [0, 0.1) is 25.5 Å². The molecular weight excluding hydrogens is 373 g/mol. The summed E-state index contributed by atoms with van der Waals surface area (Å²) in [6.45, 7) is 3.52. The van der Waals surface area contributed by atoms with Crippen molar-refractivity contribution in [1.82, 2.24) is 10.2 Å². The van der Waals surface area contributed by atoms with E-state index in [9.17, 15) is 14.9 Å². The van der Waals surface area contributed by atoms with E-state index in [1.165, 1.54) is 12.1 Å². The molecule has 3 rings (SSSR count). The summed E-state index contributed by atoms with van der Waals surface area (Å²) in [7, 11) is 0. The minimum atomic E-state index is -0.442. The van der Waals surface area contributed by atoms with Gasteiger partial charge in [0.25, 0.3) is 11.6 Å². The molecule has 2 aliphatic heterocycles. The number of nitrogens with one attached hydrogen (secondary N) is 1. The smallest absolute Gasteiger partial charge is 0.270 e. The monoisotopic (exact) mass is 387 g/mol. The largest absolute Gasteiger partial charge is 0.338 e. The molecule has 2 fully saturated rings. The molecule has 2 heterocycles. The Morgan fingerprint density at radius 1 is 1.35 bits per heavy atom. The maximum atomic E-state index is 12.5. The zero-order valence-corrected chi connectivity index (χ0v) is 12.9. The molecule has 0 unspecified atom stereocenters. The number of nitro groups is 1. The van der Waals surface area contributed by atoms with Crippen LogP contribution in [0.3, 0.4) is 0 Å². The molecule has 2 atom stereocenters. The third-order valence-corrected chi connectivity index (χ3v) is 4.96. The van der Waals surface area contributed by atoms with E-state index in [1.54, 1.807) is 6.07 Å². The van der Waals surface area contributed by atoms with Gasteiger partial charge in [0.15, 0.2) is 0 Å². The summed E-state index contributed by atoms with van der Waals surface area (Å²) in [6, 6.07) is 4.41. The highest BCUT2D eigenvalue weighted by molar-refractivity contribution is 14.1.